The smallest absolute Gasteiger partial charge is 0.317 e. The first-order chi connectivity index (χ1) is 12.1. The topological polar surface area (TPSA) is 57.5 Å². The predicted octanol–water partition coefficient (Wildman–Crippen LogP) is 2.60. The van der Waals surface area contributed by atoms with E-state index in [0.29, 0.717) is 13.1 Å². The number of amides is 2. The highest BCUT2D eigenvalue weighted by Gasteiger charge is 2.22. The van der Waals surface area contributed by atoms with Gasteiger partial charge in [0.1, 0.15) is 0 Å². The van der Waals surface area contributed by atoms with Crippen molar-refractivity contribution in [1.82, 2.24) is 14.8 Å². The summed E-state index contributed by atoms with van der Waals surface area (Å²) in [4.78, 5) is 14.0. The second-order valence-corrected chi connectivity index (χ2v) is 7.36. The van der Waals surface area contributed by atoms with Gasteiger partial charge in [-0.1, -0.05) is 18.2 Å². The number of benzene rings is 1. The monoisotopic (exact) mass is 341 g/mol. The van der Waals surface area contributed by atoms with Crippen molar-refractivity contribution in [3.8, 4) is 0 Å². The first kappa shape index (κ1) is 16.5. The van der Waals surface area contributed by atoms with E-state index >= 15 is 0 Å². The average molecular weight is 341 g/mol. The maximum Gasteiger partial charge on any atom is 0.317 e. The van der Waals surface area contributed by atoms with Gasteiger partial charge >= 0.3 is 6.03 Å². The van der Waals surface area contributed by atoms with E-state index in [9.17, 15) is 9.90 Å². The Hall–Kier alpha value is -2.01. The summed E-state index contributed by atoms with van der Waals surface area (Å²) in [6.07, 6.45) is 4.51. The molecule has 0 saturated carbocycles. The van der Waals surface area contributed by atoms with Gasteiger partial charge in [-0.2, -0.15) is 0 Å². The molecule has 0 bridgehead atoms. The predicted molar refractivity (Wildman–Crippen MR) is 98.9 cm³/mol. The van der Waals surface area contributed by atoms with Gasteiger partial charge in [-0.3, -0.25) is 0 Å². The molecule has 3 heterocycles. The zero-order valence-electron chi connectivity index (χ0n) is 14.9. The van der Waals surface area contributed by atoms with E-state index < -0.39 is 0 Å². The molecule has 2 N–H and O–H groups in total. The van der Waals surface area contributed by atoms with Gasteiger partial charge in [0.05, 0.1) is 11.6 Å². The number of piperidine rings is 1. The number of aliphatic hydroxyl groups is 1. The van der Waals surface area contributed by atoms with Gasteiger partial charge in [0, 0.05) is 37.3 Å². The molecule has 2 amide bonds. The van der Waals surface area contributed by atoms with Crippen molar-refractivity contribution < 1.29 is 9.90 Å². The number of carbonyl (C=O) groups is 1. The van der Waals surface area contributed by atoms with Gasteiger partial charge < -0.3 is 19.9 Å². The number of hydrogen-bond acceptors (Lipinski definition) is 2. The zero-order chi connectivity index (χ0) is 17.4. The van der Waals surface area contributed by atoms with E-state index in [1.165, 1.54) is 34.1 Å². The summed E-state index contributed by atoms with van der Waals surface area (Å²) in [5.41, 5.74) is 5.54. The van der Waals surface area contributed by atoms with Crippen molar-refractivity contribution in [2.45, 2.75) is 51.7 Å². The number of para-hydroxylation sites is 1. The summed E-state index contributed by atoms with van der Waals surface area (Å²) in [7, 11) is 0. The molecule has 0 aliphatic carbocycles. The van der Waals surface area contributed by atoms with Crippen LogP contribution in [0.3, 0.4) is 0 Å². The van der Waals surface area contributed by atoms with Crippen molar-refractivity contribution in [2.24, 2.45) is 0 Å². The summed E-state index contributed by atoms with van der Waals surface area (Å²) >= 11 is 0. The van der Waals surface area contributed by atoms with Crippen molar-refractivity contribution in [2.75, 3.05) is 19.6 Å². The molecule has 0 unspecified atom stereocenters. The van der Waals surface area contributed by atoms with Gasteiger partial charge in [0.2, 0.25) is 0 Å². The van der Waals surface area contributed by atoms with Crippen LogP contribution in [0.25, 0.3) is 10.9 Å². The number of urea groups is 1. The van der Waals surface area contributed by atoms with E-state index in [4.69, 9.17) is 0 Å². The van der Waals surface area contributed by atoms with Crippen LogP contribution in [0.4, 0.5) is 4.79 Å². The van der Waals surface area contributed by atoms with Gasteiger partial charge in [-0.15, -0.1) is 0 Å². The summed E-state index contributed by atoms with van der Waals surface area (Å²) in [6.45, 7) is 5.12. The fraction of sp³-hybridized carbons (Fsp3) is 0.550. The maximum atomic E-state index is 12.3. The SMILES string of the molecule is Cc1c(CCNC(=O)N2CCC[C@@H](O)C2)c2cccc3c2n1CCC3. The Morgan fingerprint density at radius 1 is 1.32 bits per heavy atom. The summed E-state index contributed by atoms with van der Waals surface area (Å²) < 4.78 is 2.45. The van der Waals surface area contributed by atoms with Crippen LogP contribution < -0.4 is 5.32 Å². The van der Waals surface area contributed by atoms with Crippen LogP contribution in [0.5, 0.6) is 0 Å². The number of aliphatic hydroxyl groups excluding tert-OH is 1. The Morgan fingerprint density at radius 2 is 2.20 bits per heavy atom. The van der Waals surface area contributed by atoms with Crippen molar-refractivity contribution >= 4 is 16.9 Å². The van der Waals surface area contributed by atoms with Crippen LogP contribution in [0, 0.1) is 6.92 Å². The Bertz CT molecular complexity index is 796. The third-order valence-corrected chi connectivity index (χ3v) is 5.72. The number of β-amino-alcohol motifs (C(OH)–C–C–N with tert-alkyl or cyclic N) is 1. The lowest BCUT2D eigenvalue weighted by Crippen LogP contribution is -2.47. The first-order valence-electron chi connectivity index (χ1n) is 9.45. The van der Waals surface area contributed by atoms with Crippen LogP contribution in [-0.4, -0.2) is 46.3 Å². The van der Waals surface area contributed by atoms with Crippen LogP contribution in [0.2, 0.25) is 0 Å². The van der Waals surface area contributed by atoms with Crippen molar-refractivity contribution in [3.05, 3.63) is 35.0 Å². The molecule has 4 rings (SSSR count). The quantitative estimate of drug-likeness (QED) is 0.902. The maximum absolute atomic E-state index is 12.3. The Morgan fingerprint density at radius 3 is 3.04 bits per heavy atom. The van der Waals surface area contributed by atoms with Gasteiger partial charge in [-0.25, -0.2) is 4.79 Å². The Kier molecular flexibility index (Phi) is 4.42. The molecule has 1 aromatic carbocycles. The fourth-order valence-electron chi connectivity index (χ4n) is 4.45. The fourth-order valence-corrected chi connectivity index (χ4v) is 4.45. The molecule has 2 aliphatic rings. The highest BCUT2D eigenvalue weighted by atomic mass is 16.3. The average Bonchev–Trinajstić information content (AvgIpc) is 2.90. The van der Waals surface area contributed by atoms with E-state index in [0.717, 1.165) is 38.8 Å². The standard InChI is InChI=1S/C20H27N3O2/c1-14-17(9-10-21-20(25)22-11-4-7-16(24)13-22)18-8-2-5-15-6-3-12-23(14)19(15)18/h2,5,8,16,24H,3-4,6-7,9-13H2,1H3,(H,21,25)/t16-/m1/s1. The lowest BCUT2D eigenvalue weighted by molar-refractivity contribution is 0.0843. The Labute approximate surface area is 148 Å². The zero-order valence-corrected chi connectivity index (χ0v) is 14.9. The Balaban J connectivity index is 1.46. The number of carbonyl (C=O) groups excluding carboxylic acids is 1. The van der Waals surface area contributed by atoms with Crippen LogP contribution in [-0.2, 0) is 19.4 Å². The number of nitrogens with one attached hydrogen (secondary N) is 1. The summed E-state index contributed by atoms with van der Waals surface area (Å²) in [5.74, 6) is 0. The van der Waals surface area contributed by atoms with Crippen molar-refractivity contribution in [3.63, 3.8) is 0 Å². The van der Waals surface area contributed by atoms with Gasteiger partial charge in [-0.05, 0) is 50.2 Å². The number of rotatable bonds is 3. The normalized spacial score (nSPS) is 20.1. The third kappa shape index (κ3) is 3.01. The molecule has 1 atom stereocenters. The molecule has 5 heteroatoms. The summed E-state index contributed by atoms with van der Waals surface area (Å²) in [6, 6.07) is 6.56. The molecule has 1 aromatic heterocycles. The number of aryl methyl sites for hydroxylation is 2. The molecule has 5 nitrogen and oxygen atoms in total. The van der Waals surface area contributed by atoms with Crippen LogP contribution in [0.15, 0.2) is 18.2 Å². The molecule has 134 valence electrons. The van der Waals surface area contributed by atoms with E-state index in [2.05, 4.69) is 35.0 Å². The second-order valence-electron chi connectivity index (χ2n) is 7.36. The number of aromatic nitrogens is 1. The molecular weight excluding hydrogens is 314 g/mol. The van der Waals surface area contributed by atoms with Gasteiger partial charge in [0.15, 0.2) is 0 Å². The third-order valence-electron chi connectivity index (χ3n) is 5.72. The molecule has 1 saturated heterocycles. The lowest BCUT2D eigenvalue weighted by atomic mass is 10.0. The highest BCUT2D eigenvalue weighted by molar-refractivity contribution is 5.88. The van der Waals surface area contributed by atoms with Gasteiger partial charge in [0.25, 0.3) is 0 Å². The molecule has 2 aromatic rings. The van der Waals surface area contributed by atoms with Crippen LogP contribution >= 0.6 is 0 Å². The molecule has 0 spiro atoms. The first-order valence-corrected chi connectivity index (χ1v) is 9.45. The summed E-state index contributed by atoms with van der Waals surface area (Å²) in [5, 5.41) is 14.1. The molecule has 2 aliphatic heterocycles. The number of nitrogens with zero attached hydrogens (tertiary/aromatic N) is 2. The minimum Gasteiger partial charge on any atom is -0.391 e. The van der Waals surface area contributed by atoms with E-state index in [1.54, 1.807) is 4.90 Å². The minimum absolute atomic E-state index is 0.0508. The molecule has 0 radical (unpaired) electrons. The highest BCUT2D eigenvalue weighted by Crippen LogP contribution is 2.32. The second kappa shape index (κ2) is 6.71. The largest absolute Gasteiger partial charge is 0.391 e. The van der Waals surface area contributed by atoms with Crippen LogP contribution in [0.1, 0.15) is 36.1 Å². The number of hydrogen-bond donors (Lipinski definition) is 2. The molecule has 25 heavy (non-hydrogen) atoms. The molecular formula is C20H27N3O2. The van der Waals surface area contributed by atoms with Crippen molar-refractivity contribution in [1.29, 1.82) is 0 Å². The van der Waals surface area contributed by atoms with E-state index in [1.807, 2.05) is 0 Å². The molecule has 1 fully saturated rings. The number of likely N-dealkylation sites (tertiary alicyclic amines) is 1. The lowest BCUT2D eigenvalue weighted by Gasteiger charge is -2.30. The van der Waals surface area contributed by atoms with E-state index in [-0.39, 0.29) is 12.1 Å². The minimum atomic E-state index is -0.375.